The van der Waals surface area contributed by atoms with Gasteiger partial charge in [0.05, 0.1) is 13.2 Å². The summed E-state index contributed by atoms with van der Waals surface area (Å²) in [5.41, 5.74) is 0.291. The summed E-state index contributed by atoms with van der Waals surface area (Å²) in [5.74, 6) is -0.372. The quantitative estimate of drug-likeness (QED) is 0.638. The summed E-state index contributed by atoms with van der Waals surface area (Å²) in [6.07, 6.45) is 0. The molecule has 0 unspecified atom stereocenters. The average Bonchev–Trinajstić information content (AvgIpc) is 2.00. The zero-order chi connectivity index (χ0) is 10.4. The molecule has 0 radical (unpaired) electrons. The van der Waals surface area contributed by atoms with Gasteiger partial charge in [0.2, 0.25) is 0 Å². The van der Waals surface area contributed by atoms with Gasteiger partial charge in [-0.15, -0.1) is 0 Å². The minimum absolute atomic E-state index is 0.291. The predicted molar refractivity (Wildman–Crippen MR) is 55.1 cm³/mol. The smallest absolute Gasteiger partial charge is 0.162 e. The van der Waals surface area contributed by atoms with Crippen LogP contribution in [0.15, 0.2) is 0 Å². The number of hydrogen-bond donors (Lipinski definition) is 0. The number of rotatable bonds is 1. The molecule has 2 aliphatic heterocycles. The molecular weight excluding hydrogens is 178 g/mol. The van der Waals surface area contributed by atoms with E-state index < -0.39 is 0 Å². The van der Waals surface area contributed by atoms with Crippen molar-refractivity contribution in [2.45, 2.75) is 39.5 Å². The largest absolute Gasteiger partial charge is 0.350 e. The van der Waals surface area contributed by atoms with Gasteiger partial charge in [-0.1, -0.05) is 0 Å². The highest BCUT2D eigenvalue weighted by Crippen LogP contribution is 2.38. The van der Waals surface area contributed by atoms with Crippen molar-refractivity contribution in [2.24, 2.45) is 5.41 Å². The molecule has 2 heterocycles. The molecule has 1 spiro atoms. The molecule has 2 fully saturated rings. The number of likely N-dealkylation sites (tertiary alicyclic amines) is 1. The second-order valence-corrected chi connectivity index (χ2v) is 5.48. The fraction of sp³-hybridized carbons (Fsp3) is 1.00. The summed E-state index contributed by atoms with van der Waals surface area (Å²) in [4.78, 5) is 2.46. The molecule has 2 saturated heterocycles. The highest BCUT2D eigenvalue weighted by atomic mass is 16.7. The standard InChI is InChI=1S/C11H21NO2/c1-9(2)12-5-11(6-12)7-13-10(3,4)14-8-11/h9H,5-8H2,1-4H3. The monoisotopic (exact) mass is 199 g/mol. The number of nitrogens with zero attached hydrogens (tertiary/aromatic N) is 1. The van der Waals surface area contributed by atoms with Crippen LogP contribution in [0, 0.1) is 5.41 Å². The molecule has 14 heavy (non-hydrogen) atoms. The zero-order valence-corrected chi connectivity index (χ0v) is 9.67. The second-order valence-electron chi connectivity index (χ2n) is 5.48. The first kappa shape index (κ1) is 10.4. The van der Waals surface area contributed by atoms with E-state index in [0.29, 0.717) is 11.5 Å². The molecule has 0 aliphatic carbocycles. The Morgan fingerprint density at radius 1 is 1.07 bits per heavy atom. The molecule has 3 nitrogen and oxygen atoms in total. The highest BCUT2D eigenvalue weighted by Gasteiger charge is 2.48. The minimum atomic E-state index is -0.372. The van der Waals surface area contributed by atoms with Gasteiger partial charge < -0.3 is 9.47 Å². The van der Waals surface area contributed by atoms with Crippen LogP contribution in [-0.4, -0.2) is 43.0 Å². The van der Waals surface area contributed by atoms with E-state index in [2.05, 4.69) is 18.7 Å². The Kier molecular flexibility index (Phi) is 2.37. The fourth-order valence-corrected chi connectivity index (χ4v) is 2.10. The third kappa shape index (κ3) is 1.81. The van der Waals surface area contributed by atoms with Gasteiger partial charge in [0, 0.05) is 24.5 Å². The molecule has 0 N–H and O–H groups in total. The van der Waals surface area contributed by atoms with Gasteiger partial charge in [-0.05, 0) is 27.7 Å². The zero-order valence-electron chi connectivity index (χ0n) is 9.67. The van der Waals surface area contributed by atoms with E-state index in [-0.39, 0.29) is 5.79 Å². The van der Waals surface area contributed by atoms with Crippen LogP contribution in [0.1, 0.15) is 27.7 Å². The van der Waals surface area contributed by atoms with Gasteiger partial charge in [-0.3, -0.25) is 4.90 Å². The van der Waals surface area contributed by atoms with Gasteiger partial charge in [0.1, 0.15) is 0 Å². The van der Waals surface area contributed by atoms with E-state index >= 15 is 0 Å². The maximum absolute atomic E-state index is 5.70. The Labute approximate surface area is 86.4 Å². The van der Waals surface area contributed by atoms with E-state index in [0.717, 1.165) is 26.3 Å². The lowest BCUT2D eigenvalue weighted by molar-refractivity contribution is -0.306. The van der Waals surface area contributed by atoms with Crippen LogP contribution in [0.5, 0.6) is 0 Å². The van der Waals surface area contributed by atoms with Crippen LogP contribution >= 0.6 is 0 Å². The summed E-state index contributed by atoms with van der Waals surface area (Å²) in [6, 6.07) is 0.649. The lowest BCUT2D eigenvalue weighted by Crippen LogP contribution is -2.65. The topological polar surface area (TPSA) is 21.7 Å². The SMILES string of the molecule is CC(C)N1CC2(COC(C)(C)OC2)C1. The Morgan fingerprint density at radius 2 is 1.57 bits per heavy atom. The molecular formula is C11H21NO2. The summed E-state index contributed by atoms with van der Waals surface area (Å²) >= 11 is 0. The molecule has 82 valence electrons. The first-order valence-corrected chi connectivity index (χ1v) is 5.45. The maximum Gasteiger partial charge on any atom is 0.162 e. The Hall–Kier alpha value is -0.120. The van der Waals surface area contributed by atoms with Gasteiger partial charge in [0.25, 0.3) is 0 Å². The number of ether oxygens (including phenoxy) is 2. The van der Waals surface area contributed by atoms with E-state index in [1.165, 1.54) is 0 Å². The maximum atomic E-state index is 5.70. The van der Waals surface area contributed by atoms with E-state index in [9.17, 15) is 0 Å². The second kappa shape index (κ2) is 3.19. The van der Waals surface area contributed by atoms with Gasteiger partial charge in [0.15, 0.2) is 5.79 Å². The molecule has 2 rings (SSSR count). The Morgan fingerprint density at radius 3 is 2.00 bits per heavy atom. The summed E-state index contributed by atoms with van der Waals surface area (Å²) in [5, 5.41) is 0. The van der Waals surface area contributed by atoms with Crippen LogP contribution in [0.3, 0.4) is 0 Å². The third-order valence-corrected chi connectivity index (χ3v) is 3.26. The van der Waals surface area contributed by atoms with E-state index in [1.54, 1.807) is 0 Å². The lowest BCUT2D eigenvalue weighted by Gasteiger charge is -2.55. The molecule has 0 saturated carbocycles. The van der Waals surface area contributed by atoms with Crippen molar-refractivity contribution in [1.29, 1.82) is 0 Å². The van der Waals surface area contributed by atoms with Crippen molar-refractivity contribution < 1.29 is 9.47 Å². The number of hydrogen-bond acceptors (Lipinski definition) is 3. The summed E-state index contributed by atoms with van der Waals surface area (Å²) in [7, 11) is 0. The molecule has 0 amide bonds. The van der Waals surface area contributed by atoms with Gasteiger partial charge in [-0.25, -0.2) is 0 Å². The molecule has 0 aromatic heterocycles. The normalized spacial score (nSPS) is 30.6. The van der Waals surface area contributed by atoms with Crippen molar-refractivity contribution in [1.82, 2.24) is 4.90 Å². The molecule has 0 bridgehead atoms. The van der Waals surface area contributed by atoms with Crippen LogP contribution < -0.4 is 0 Å². The average molecular weight is 199 g/mol. The van der Waals surface area contributed by atoms with Gasteiger partial charge in [-0.2, -0.15) is 0 Å². The van der Waals surface area contributed by atoms with Gasteiger partial charge >= 0.3 is 0 Å². The summed E-state index contributed by atoms with van der Waals surface area (Å²) < 4.78 is 11.4. The minimum Gasteiger partial charge on any atom is -0.350 e. The van der Waals surface area contributed by atoms with E-state index in [1.807, 2.05) is 13.8 Å². The molecule has 0 atom stereocenters. The first-order valence-electron chi connectivity index (χ1n) is 5.45. The molecule has 3 heteroatoms. The van der Waals surface area contributed by atoms with Crippen LogP contribution in [0.25, 0.3) is 0 Å². The first-order chi connectivity index (χ1) is 6.43. The molecule has 0 aromatic rings. The highest BCUT2D eigenvalue weighted by molar-refractivity contribution is 4.98. The predicted octanol–water partition coefficient (Wildman–Crippen LogP) is 1.48. The molecule has 0 aromatic carbocycles. The van der Waals surface area contributed by atoms with Crippen molar-refractivity contribution in [3.63, 3.8) is 0 Å². The van der Waals surface area contributed by atoms with Crippen molar-refractivity contribution in [2.75, 3.05) is 26.3 Å². The van der Waals surface area contributed by atoms with Crippen LogP contribution in [-0.2, 0) is 9.47 Å². The van der Waals surface area contributed by atoms with Crippen LogP contribution in [0.2, 0.25) is 0 Å². The fourth-order valence-electron chi connectivity index (χ4n) is 2.10. The third-order valence-electron chi connectivity index (χ3n) is 3.26. The van der Waals surface area contributed by atoms with E-state index in [4.69, 9.17) is 9.47 Å². The lowest BCUT2D eigenvalue weighted by atomic mass is 9.79. The van der Waals surface area contributed by atoms with Crippen molar-refractivity contribution in [3.8, 4) is 0 Å². The van der Waals surface area contributed by atoms with Crippen molar-refractivity contribution >= 4 is 0 Å². The molecule has 2 aliphatic rings. The Bertz CT molecular complexity index is 200. The van der Waals surface area contributed by atoms with Crippen LogP contribution in [0.4, 0.5) is 0 Å². The summed E-state index contributed by atoms with van der Waals surface area (Å²) in [6.45, 7) is 12.4. The van der Waals surface area contributed by atoms with Crippen molar-refractivity contribution in [3.05, 3.63) is 0 Å². The Balaban J connectivity index is 1.86.